The van der Waals surface area contributed by atoms with Crippen molar-refractivity contribution in [1.29, 1.82) is 0 Å². The van der Waals surface area contributed by atoms with Crippen molar-refractivity contribution in [3.05, 3.63) is 18.2 Å². The molecule has 5 nitrogen and oxygen atoms in total. The summed E-state index contributed by atoms with van der Waals surface area (Å²) < 4.78 is 32.2. The van der Waals surface area contributed by atoms with Crippen LogP contribution in [-0.2, 0) is 4.79 Å². The van der Waals surface area contributed by atoms with Crippen molar-refractivity contribution < 1.29 is 18.3 Å². The highest BCUT2D eigenvalue weighted by atomic mass is 32.1. The fourth-order valence-electron chi connectivity index (χ4n) is 2.23. The summed E-state index contributed by atoms with van der Waals surface area (Å²) in [5.74, 6) is -2.72. The number of methoxy groups -OCH3 is 1. The van der Waals surface area contributed by atoms with E-state index in [1.807, 2.05) is 12.1 Å². The maximum Gasteiger partial charge on any atom is 0.262 e. The van der Waals surface area contributed by atoms with Crippen LogP contribution >= 0.6 is 11.3 Å². The number of para-hydroxylation sites is 1. The second kappa shape index (κ2) is 5.19. The topological polar surface area (TPSA) is 63.2 Å². The van der Waals surface area contributed by atoms with E-state index in [4.69, 9.17) is 4.74 Å². The molecule has 2 N–H and O–H groups in total. The number of nitrogens with zero attached hydrogens (tertiary/aromatic N) is 1. The molecule has 0 saturated carbocycles. The lowest BCUT2D eigenvalue weighted by Gasteiger charge is -2.08. The normalized spacial score (nSPS) is 20.6. The van der Waals surface area contributed by atoms with Crippen LogP contribution in [0, 0.1) is 0 Å². The fourth-order valence-corrected chi connectivity index (χ4v) is 3.12. The molecule has 2 heterocycles. The number of benzene rings is 1. The fraction of sp³-hybridized carbons (Fsp3) is 0.385. The molecule has 1 aromatic heterocycles. The van der Waals surface area contributed by atoms with Crippen LogP contribution in [0.25, 0.3) is 10.2 Å². The van der Waals surface area contributed by atoms with Gasteiger partial charge in [0.1, 0.15) is 11.3 Å². The van der Waals surface area contributed by atoms with Gasteiger partial charge in [0.25, 0.3) is 5.92 Å². The molecule has 0 spiro atoms. The largest absolute Gasteiger partial charge is 0.494 e. The maximum absolute atomic E-state index is 13.1. The van der Waals surface area contributed by atoms with E-state index in [0.29, 0.717) is 16.4 Å². The smallest absolute Gasteiger partial charge is 0.262 e. The van der Waals surface area contributed by atoms with Gasteiger partial charge in [0.05, 0.1) is 24.4 Å². The van der Waals surface area contributed by atoms with Crippen LogP contribution in [-0.4, -0.2) is 36.5 Å². The number of alkyl halides is 2. The van der Waals surface area contributed by atoms with Gasteiger partial charge in [-0.1, -0.05) is 17.4 Å². The lowest BCUT2D eigenvalue weighted by molar-refractivity contribution is -0.118. The summed E-state index contributed by atoms with van der Waals surface area (Å²) in [5, 5.41) is 5.46. The van der Waals surface area contributed by atoms with Crippen molar-refractivity contribution in [1.82, 2.24) is 10.3 Å². The third kappa shape index (κ3) is 2.81. The number of hydrogen-bond donors (Lipinski definition) is 2. The number of thiazole rings is 1. The second-order valence-corrected chi connectivity index (χ2v) is 5.84. The Hall–Kier alpha value is -1.80. The molecule has 1 aliphatic rings. The van der Waals surface area contributed by atoms with Crippen molar-refractivity contribution in [2.24, 2.45) is 0 Å². The Labute approximate surface area is 123 Å². The van der Waals surface area contributed by atoms with Crippen LogP contribution in [0.2, 0.25) is 0 Å². The minimum atomic E-state index is -2.83. The summed E-state index contributed by atoms with van der Waals surface area (Å²) in [5.41, 5.74) is 0.644. The van der Waals surface area contributed by atoms with Gasteiger partial charge in [0.2, 0.25) is 5.91 Å². The van der Waals surface area contributed by atoms with E-state index >= 15 is 0 Å². The molecule has 1 aromatic carbocycles. The molecule has 0 radical (unpaired) electrons. The highest BCUT2D eigenvalue weighted by Gasteiger charge is 2.42. The van der Waals surface area contributed by atoms with E-state index in [1.165, 1.54) is 18.4 Å². The summed E-state index contributed by atoms with van der Waals surface area (Å²) in [6.07, 6.45) is -0.493. The predicted molar refractivity (Wildman–Crippen MR) is 76.2 cm³/mol. The lowest BCUT2D eigenvalue weighted by Crippen LogP contribution is -2.35. The SMILES string of the molecule is COc1cccc2sc(NC(=O)C3CC(F)(F)CN3)nc12. The monoisotopic (exact) mass is 313 g/mol. The van der Waals surface area contributed by atoms with Crippen LogP contribution in [0.4, 0.5) is 13.9 Å². The molecule has 1 aliphatic heterocycles. The van der Waals surface area contributed by atoms with Crippen LogP contribution in [0.3, 0.4) is 0 Å². The summed E-state index contributed by atoms with van der Waals surface area (Å²) in [7, 11) is 1.54. The van der Waals surface area contributed by atoms with Gasteiger partial charge in [-0.2, -0.15) is 0 Å². The molecule has 0 bridgehead atoms. The maximum atomic E-state index is 13.1. The second-order valence-electron chi connectivity index (χ2n) is 4.81. The number of aromatic nitrogens is 1. The summed E-state index contributed by atoms with van der Waals surface area (Å²) in [6, 6.07) is 4.55. The molecular weight excluding hydrogens is 300 g/mol. The average Bonchev–Trinajstić information content (AvgIpc) is 3.00. The van der Waals surface area contributed by atoms with E-state index in [2.05, 4.69) is 15.6 Å². The number of hydrogen-bond acceptors (Lipinski definition) is 5. The molecule has 1 unspecified atom stereocenters. The summed E-state index contributed by atoms with van der Waals surface area (Å²) in [4.78, 5) is 16.2. The third-order valence-corrected chi connectivity index (χ3v) is 4.19. The third-order valence-electron chi connectivity index (χ3n) is 3.26. The van der Waals surface area contributed by atoms with Crippen molar-refractivity contribution in [3.8, 4) is 5.75 Å². The number of anilines is 1. The van der Waals surface area contributed by atoms with Crippen molar-refractivity contribution in [2.45, 2.75) is 18.4 Å². The number of fused-ring (bicyclic) bond motifs is 1. The van der Waals surface area contributed by atoms with E-state index in [9.17, 15) is 13.6 Å². The predicted octanol–water partition coefficient (Wildman–Crippen LogP) is 2.24. The van der Waals surface area contributed by atoms with E-state index in [-0.39, 0.29) is 0 Å². The van der Waals surface area contributed by atoms with Gasteiger partial charge in [0, 0.05) is 6.42 Å². The van der Waals surface area contributed by atoms with Gasteiger partial charge >= 0.3 is 0 Å². The van der Waals surface area contributed by atoms with E-state index in [0.717, 1.165) is 4.70 Å². The van der Waals surface area contributed by atoms with E-state index < -0.39 is 30.8 Å². The Morgan fingerprint density at radius 3 is 3.05 bits per heavy atom. The zero-order valence-corrected chi connectivity index (χ0v) is 12.0. The minimum absolute atomic E-state index is 0.372. The zero-order valence-electron chi connectivity index (χ0n) is 11.2. The number of carbonyl (C=O) groups excluding carboxylic acids is 1. The minimum Gasteiger partial charge on any atom is -0.494 e. The first-order valence-electron chi connectivity index (χ1n) is 6.34. The number of halogens is 2. The Kier molecular flexibility index (Phi) is 3.50. The molecule has 1 fully saturated rings. The van der Waals surface area contributed by atoms with Crippen molar-refractivity contribution in [3.63, 3.8) is 0 Å². The van der Waals surface area contributed by atoms with Gasteiger partial charge in [-0.3, -0.25) is 10.1 Å². The van der Waals surface area contributed by atoms with Gasteiger partial charge in [-0.25, -0.2) is 13.8 Å². The standard InChI is InChI=1S/C13H13F2N3O2S/c1-20-8-3-2-4-9-10(8)17-12(21-9)18-11(19)7-5-13(14,15)6-16-7/h2-4,7,16H,5-6H2,1H3,(H,17,18,19). The zero-order chi connectivity index (χ0) is 15.0. The van der Waals surface area contributed by atoms with E-state index in [1.54, 1.807) is 6.07 Å². The van der Waals surface area contributed by atoms with Crippen molar-refractivity contribution in [2.75, 3.05) is 19.0 Å². The Bertz CT molecular complexity index is 689. The van der Waals surface area contributed by atoms with Crippen LogP contribution in [0.15, 0.2) is 18.2 Å². The molecule has 1 atom stereocenters. The lowest BCUT2D eigenvalue weighted by atomic mass is 10.2. The number of ether oxygens (including phenoxy) is 1. The Morgan fingerprint density at radius 1 is 1.57 bits per heavy atom. The highest BCUT2D eigenvalue weighted by molar-refractivity contribution is 7.22. The molecule has 3 rings (SSSR count). The number of carbonyl (C=O) groups is 1. The first-order chi connectivity index (χ1) is 9.98. The van der Waals surface area contributed by atoms with Gasteiger partial charge in [-0.05, 0) is 12.1 Å². The van der Waals surface area contributed by atoms with Crippen LogP contribution < -0.4 is 15.4 Å². The molecule has 21 heavy (non-hydrogen) atoms. The number of rotatable bonds is 3. The van der Waals surface area contributed by atoms with Crippen molar-refractivity contribution >= 4 is 32.6 Å². The first-order valence-corrected chi connectivity index (χ1v) is 7.16. The first kappa shape index (κ1) is 14.2. The Morgan fingerprint density at radius 2 is 2.38 bits per heavy atom. The number of amides is 1. The average molecular weight is 313 g/mol. The number of nitrogens with one attached hydrogen (secondary N) is 2. The molecule has 0 aliphatic carbocycles. The van der Waals surface area contributed by atoms with Crippen LogP contribution in [0.1, 0.15) is 6.42 Å². The summed E-state index contributed by atoms with van der Waals surface area (Å²) in [6.45, 7) is -0.473. The molecule has 1 amide bonds. The van der Waals surface area contributed by atoms with Gasteiger partial charge < -0.3 is 10.1 Å². The quantitative estimate of drug-likeness (QED) is 0.912. The van der Waals surface area contributed by atoms with Gasteiger partial charge in [0.15, 0.2) is 5.13 Å². The Balaban J connectivity index is 1.78. The molecule has 8 heteroatoms. The van der Waals surface area contributed by atoms with Crippen LogP contribution in [0.5, 0.6) is 5.75 Å². The molecule has 1 saturated heterocycles. The highest BCUT2D eigenvalue weighted by Crippen LogP contribution is 2.32. The molecule has 2 aromatic rings. The van der Waals surface area contributed by atoms with Gasteiger partial charge in [-0.15, -0.1) is 0 Å². The molecule has 112 valence electrons. The molecular formula is C13H13F2N3O2S. The summed E-state index contributed by atoms with van der Waals surface area (Å²) >= 11 is 1.28.